The number of ether oxygens (including phenoxy) is 1. The molecule has 6 heteroatoms. The third kappa shape index (κ3) is 5.08. The van der Waals surface area contributed by atoms with E-state index in [-0.39, 0.29) is 5.91 Å². The summed E-state index contributed by atoms with van der Waals surface area (Å²) in [6.45, 7) is 6.48. The van der Waals surface area contributed by atoms with Gasteiger partial charge in [-0.3, -0.25) is 4.79 Å². The summed E-state index contributed by atoms with van der Waals surface area (Å²) in [5.74, 6) is 1.05. The van der Waals surface area contributed by atoms with E-state index in [9.17, 15) is 4.79 Å². The summed E-state index contributed by atoms with van der Waals surface area (Å²) in [4.78, 5) is 20.5. The molecule has 0 aliphatic heterocycles. The molecule has 1 aromatic heterocycles. The number of benzene rings is 1. The topological polar surface area (TPSA) is 76.1 Å². The fourth-order valence-corrected chi connectivity index (χ4v) is 2.13. The number of nitrogens with zero attached hydrogens (tertiary/aromatic N) is 2. The van der Waals surface area contributed by atoms with Crippen molar-refractivity contribution in [3.8, 4) is 5.75 Å². The number of hydrogen-bond acceptors (Lipinski definition) is 5. The van der Waals surface area contributed by atoms with Gasteiger partial charge in [0.1, 0.15) is 11.4 Å². The number of carbonyl (C=O) groups is 1. The molecule has 1 amide bonds. The van der Waals surface area contributed by atoms with Gasteiger partial charge in [-0.15, -0.1) is 6.58 Å². The van der Waals surface area contributed by atoms with Gasteiger partial charge in [0, 0.05) is 18.8 Å². The molecule has 1 aromatic carbocycles. The maximum absolute atomic E-state index is 12.0. The maximum atomic E-state index is 12.0. The number of nitrogens with one attached hydrogen (secondary N) is 2. The first kappa shape index (κ1) is 17.5. The van der Waals surface area contributed by atoms with E-state index >= 15 is 0 Å². The van der Waals surface area contributed by atoms with Gasteiger partial charge in [-0.2, -0.15) is 0 Å². The second kappa shape index (κ2) is 8.67. The standard InChI is InChI=1S/C18H22N4O2/c1-4-10-19-17(23)16-12-13(2)21-18(22-16)20-11-9-14-5-7-15(24-3)8-6-14/h4-8,12H,1,9-11H2,2-3H3,(H,19,23)(H,20,21,22). The minimum Gasteiger partial charge on any atom is -0.497 e. The van der Waals surface area contributed by atoms with E-state index < -0.39 is 0 Å². The van der Waals surface area contributed by atoms with Crippen LogP contribution >= 0.6 is 0 Å². The molecule has 0 radical (unpaired) electrons. The van der Waals surface area contributed by atoms with Crippen molar-refractivity contribution in [3.63, 3.8) is 0 Å². The van der Waals surface area contributed by atoms with Gasteiger partial charge in [0.2, 0.25) is 5.95 Å². The molecule has 0 bridgehead atoms. The zero-order valence-corrected chi connectivity index (χ0v) is 14.0. The van der Waals surface area contributed by atoms with Gasteiger partial charge in [0.15, 0.2) is 0 Å². The van der Waals surface area contributed by atoms with Gasteiger partial charge in [0.05, 0.1) is 7.11 Å². The lowest BCUT2D eigenvalue weighted by Gasteiger charge is -2.08. The molecular formula is C18H22N4O2. The fraction of sp³-hybridized carbons (Fsp3) is 0.278. The molecule has 126 valence electrons. The Bertz CT molecular complexity index is 699. The lowest BCUT2D eigenvalue weighted by molar-refractivity contribution is 0.0953. The second-order valence-electron chi connectivity index (χ2n) is 5.24. The van der Waals surface area contributed by atoms with Crippen molar-refractivity contribution >= 4 is 11.9 Å². The Morgan fingerprint density at radius 3 is 2.71 bits per heavy atom. The van der Waals surface area contributed by atoms with Crippen LogP contribution in [0.3, 0.4) is 0 Å². The highest BCUT2D eigenvalue weighted by atomic mass is 16.5. The molecule has 0 spiro atoms. The van der Waals surface area contributed by atoms with Crippen LogP contribution in [-0.4, -0.2) is 36.1 Å². The van der Waals surface area contributed by atoms with E-state index in [1.54, 1.807) is 19.3 Å². The van der Waals surface area contributed by atoms with Crippen LogP contribution in [0.15, 0.2) is 43.0 Å². The molecular weight excluding hydrogens is 304 g/mol. The van der Waals surface area contributed by atoms with Crippen LogP contribution in [0, 0.1) is 6.92 Å². The third-order valence-corrected chi connectivity index (χ3v) is 3.35. The summed E-state index contributed by atoms with van der Waals surface area (Å²) in [7, 11) is 1.65. The van der Waals surface area contributed by atoms with Gasteiger partial charge in [0.25, 0.3) is 5.91 Å². The highest BCUT2D eigenvalue weighted by molar-refractivity contribution is 5.92. The normalized spacial score (nSPS) is 10.1. The van der Waals surface area contributed by atoms with Crippen LogP contribution in [0.4, 0.5) is 5.95 Å². The second-order valence-corrected chi connectivity index (χ2v) is 5.24. The van der Waals surface area contributed by atoms with Crippen LogP contribution in [-0.2, 0) is 6.42 Å². The number of amides is 1. The van der Waals surface area contributed by atoms with E-state index in [1.165, 1.54) is 5.56 Å². The quantitative estimate of drug-likeness (QED) is 0.728. The predicted octanol–water partition coefficient (Wildman–Crippen LogP) is 2.36. The minimum atomic E-state index is -0.237. The van der Waals surface area contributed by atoms with Crippen molar-refractivity contribution < 1.29 is 9.53 Å². The monoisotopic (exact) mass is 326 g/mol. The average molecular weight is 326 g/mol. The largest absolute Gasteiger partial charge is 0.497 e. The molecule has 0 aliphatic carbocycles. The fourth-order valence-electron chi connectivity index (χ4n) is 2.13. The molecule has 0 aliphatic rings. The van der Waals surface area contributed by atoms with Crippen molar-refractivity contribution in [2.24, 2.45) is 0 Å². The van der Waals surface area contributed by atoms with Crippen molar-refractivity contribution in [1.29, 1.82) is 0 Å². The van der Waals surface area contributed by atoms with Gasteiger partial charge < -0.3 is 15.4 Å². The zero-order valence-electron chi connectivity index (χ0n) is 14.0. The van der Waals surface area contributed by atoms with Gasteiger partial charge in [-0.25, -0.2) is 9.97 Å². The number of aryl methyl sites for hydroxylation is 1. The number of anilines is 1. The predicted molar refractivity (Wildman–Crippen MR) is 94.5 cm³/mol. The average Bonchev–Trinajstić information content (AvgIpc) is 2.59. The van der Waals surface area contributed by atoms with Crippen LogP contribution in [0.1, 0.15) is 21.7 Å². The molecule has 0 saturated heterocycles. The highest BCUT2D eigenvalue weighted by Gasteiger charge is 2.09. The molecule has 0 atom stereocenters. The van der Waals surface area contributed by atoms with Crippen LogP contribution in [0.25, 0.3) is 0 Å². The van der Waals surface area contributed by atoms with Crippen molar-refractivity contribution in [2.75, 3.05) is 25.5 Å². The van der Waals surface area contributed by atoms with Crippen LogP contribution in [0.2, 0.25) is 0 Å². The van der Waals surface area contributed by atoms with E-state index in [0.717, 1.165) is 17.9 Å². The SMILES string of the molecule is C=CCNC(=O)c1cc(C)nc(NCCc2ccc(OC)cc2)n1. The van der Waals surface area contributed by atoms with E-state index in [4.69, 9.17) is 4.74 Å². The Kier molecular flexibility index (Phi) is 6.31. The Hall–Kier alpha value is -2.89. The third-order valence-electron chi connectivity index (χ3n) is 3.35. The van der Waals surface area contributed by atoms with Crippen molar-refractivity contribution in [1.82, 2.24) is 15.3 Å². The lowest BCUT2D eigenvalue weighted by atomic mass is 10.1. The molecule has 2 rings (SSSR count). The molecule has 1 heterocycles. The number of rotatable bonds is 8. The Morgan fingerprint density at radius 1 is 1.29 bits per heavy atom. The first-order valence-corrected chi connectivity index (χ1v) is 7.74. The van der Waals surface area contributed by atoms with Crippen molar-refractivity contribution in [3.05, 3.63) is 59.9 Å². The summed E-state index contributed by atoms with van der Waals surface area (Å²) in [5, 5.41) is 5.87. The smallest absolute Gasteiger partial charge is 0.270 e. The number of hydrogen-bond donors (Lipinski definition) is 2. The lowest BCUT2D eigenvalue weighted by Crippen LogP contribution is -2.25. The Balaban J connectivity index is 1.95. The zero-order chi connectivity index (χ0) is 17.4. The Labute approximate surface area is 142 Å². The molecule has 24 heavy (non-hydrogen) atoms. The van der Waals surface area contributed by atoms with E-state index in [1.807, 2.05) is 31.2 Å². The summed E-state index contributed by atoms with van der Waals surface area (Å²) in [6.07, 6.45) is 2.44. The molecule has 2 aromatic rings. The van der Waals surface area contributed by atoms with E-state index in [0.29, 0.717) is 24.7 Å². The summed E-state index contributed by atoms with van der Waals surface area (Å²) in [6, 6.07) is 9.56. The van der Waals surface area contributed by atoms with E-state index in [2.05, 4.69) is 27.2 Å². The number of aromatic nitrogens is 2. The molecule has 0 unspecified atom stereocenters. The van der Waals surface area contributed by atoms with Crippen molar-refractivity contribution in [2.45, 2.75) is 13.3 Å². The number of methoxy groups -OCH3 is 1. The van der Waals surface area contributed by atoms with Gasteiger partial charge in [-0.05, 0) is 37.1 Å². The first-order valence-electron chi connectivity index (χ1n) is 7.74. The first-order chi connectivity index (χ1) is 11.6. The van der Waals surface area contributed by atoms with Gasteiger partial charge >= 0.3 is 0 Å². The van der Waals surface area contributed by atoms with Crippen LogP contribution < -0.4 is 15.4 Å². The molecule has 0 fully saturated rings. The summed E-state index contributed by atoms with van der Waals surface area (Å²) in [5.41, 5.74) is 2.26. The summed E-state index contributed by atoms with van der Waals surface area (Å²) >= 11 is 0. The number of carbonyl (C=O) groups excluding carboxylic acids is 1. The minimum absolute atomic E-state index is 0.237. The molecule has 6 nitrogen and oxygen atoms in total. The Morgan fingerprint density at radius 2 is 2.04 bits per heavy atom. The van der Waals surface area contributed by atoms with Crippen LogP contribution in [0.5, 0.6) is 5.75 Å². The molecule has 2 N–H and O–H groups in total. The van der Waals surface area contributed by atoms with Gasteiger partial charge in [-0.1, -0.05) is 18.2 Å². The maximum Gasteiger partial charge on any atom is 0.270 e. The highest BCUT2D eigenvalue weighted by Crippen LogP contribution is 2.12. The molecule has 0 saturated carbocycles. The summed E-state index contributed by atoms with van der Waals surface area (Å²) < 4.78 is 5.14.